The second-order valence-electron chi connectivity index (χ2n) is 14.9. The third-order valence-corrected chi connectivity index (χ3v) is 11.2. The number of hydrogen-bond donors (Lipinski definition) is 1. The van der Waals surface area contributed by atoms with E-state index in [0.717, 1.165) is 6.92 Å². The summed E-state index contributed by atoms with van der Waals surface area (Å²) >= 11 is 0. The molecule has 4 saturated carbocycles. The minimum atomic E-state index is -2.32. The van der Waals surface area contributed by atoms with Gasteiger partial charge in [-0.25, -0.2) is 0 Å². The van der Waals surface area contributed by atoms with Gasteiger partial charge >= 0.3 is 29.8 Å². The highest BCUT2D eigenvalue weighted by Crippen LogP contribution is 2.76. The Balaban J connectivity index is 2.17. The van der Waals surface area contributed by atoms with E-state index in [1.165, 1.54) is 13.8 Å². The van der Waals surface area contributed by atoms with Crippen molar-refractivity contribution < 1.29 is 57.6 Å². The van der Waals surface area contributed by atoms with Crippen LogP contribution in [0.2, 0.25) is 0 Å². The van der Waals surface area contributed by atoms with Gasteiger partial charge in [0.15, 0.2) is 5.60 Å². The molecular formula is C34H50O12. The van der Waals surface area contributed by atoms with Crippen LogP contribution in [0.5, 0.6) is 0 Å². The van der Waals surface area contributed by atoms with Crippen LogP contribution in [-0.4, -0.2) is 76.9 Å². The van der Waals surface area contributed by atoms with E-state index in [1.54, 1.807) is 34.6 Å². The number of carbonyl (C=O) groups excluding carboxylic acids is 6. The van der Waals surface area contributed by atoms with Gasteiger partial charge in [-0.2, -0.15) is 0 Å². The summed E-state index contributed by atoms with van der Waals surface area (Å²) in [6.45, 7) is 15.5. The summed E-state index contributed by atoms with van der Waals surface area (Å²) in [5.41, 5.74) is -6.57. The zero-order valence-electron chi connectivity index (χ0n) is 28.7. The molecule has 0 unspecified atom stereocenters. The lowest BCUT2D eigenvalue weighted by atomic mass is 9.55. The van der Waals surface area contributed by atoms with Crippen molar-refractivity contribution in [3.8, 4) is 0 Å². The van der Waals surface area contributed by atoms with E-state index in [2.05, 4.69) is 0 Å². The van der Waals surface area contributed by atoms with Crippen molar-refractivity contribution in [1.29, 1.82) is 0 Å². The van der Waals surface area contributed by atoms with Crippen LogP contribution in [-0.2, 0) is 52.5 Å². The standard InChI is InChI=1S/C34H50O12/c1-11-22(37)42-15-33-21(43-18(6)35)13-20-24(31(20,8)9)27(33)32(10,46-19(7)36)30(40)34(41)14-17(5)26(44-23(38)12-2)25(34)28(33)45-29(39)16(3)4/h16-17,20-21,24-28,41H,11-15H2,1-10H3/t17-,20-,21+,24-,25+,26-,27-,28+,32-,33+,34+/m0/s1. The molecule has 0 aromatic heterocycles. The molecule has 46 heavy (non-hydrogen) atoms. The number of esters is 5. The van der Waals surface area contributed by atoms with Crippen molar-refractivity contribution in [2.45, 2.75) is 124 Å². The number of fused-ring (bicyclic) bond motifs is 4. The van der Waals surface area contributed by atoms with Gasteiger partial charge in [0.1, 0.15) is 30.5 Å². The Morgan fingerprint density at radius 2 is 1.52 bits per heavy atom. The van der Waals surface area contributed by atoms with E-state index in [4.69, 9.17) is 23.7 Å². The Morgan fingerprint density at radius 3 is 2.04 bits per heavy atom. The highest BCUT2D eigenvalue weighted by Gasteiger charge is 2.84. The largest absolute Gasteiger partial charge is 0.465 e. The zero-order valence-corrected chi connectivity index (χ0v) is 28.7. The summed E-state index contributed by atoms with van der Waals surface area (Å²) in [5.74, 6) is -8.38. The maximum atomic E-state index is 15.1. The van der Waals surface area contributed by atoms with E-state index in [1.807, 2.05) is 13.8 Å². The van der Waals surface area contributed by atoms with E-state index in [-0.39, 0.29) is 37.5 Å². The molecule has 0 aromatic rings. The van der Waals surface area contributed by atoms with Crippen LogP contribution in [0.25, 0.3) is 0 Å². The number of ether oxygens (including phenoxy) is 5. The molecule has 4 aliphatic rings. The van der Waals surface area contributed by atoms with E-state index in [0.29, 0.717) is 0 Å². The number of hydrogen-bond acceptors (Lipinski definition) is 12. The van der Waals surface area contributed by atoms with Crippen LogP contribution < -0.4 is 0 Å². The third-order valence-electron chi connectivity index (χ3n) is 11.2. The summed E-state index contributed by atoms with van der Waals surface area (Å²) in [7, 11) is 0. The van der Waals surface area contributed by atoms with Gasteiger partial charge in [-0.15, -0.1) is 0 Å². The van der Waals surface area contributed by atoms with Crippen LogP contribution in [0.15, 0.2) is 0 Å². The van der Waals surface area contributed by atoms with Crippen molar-refractivity contribution in [3.05, 3.63) is 0 Å². The fraction of sp³-hybridized carbons (Fsp3) is 0.824. The van der Waals surface area contributed by atoms with Gasteiger partial charge in [-0.3, -0.25) is 28.8 Å². The van der Waals surface area contributed by atoms with Gasteiger partial charge in [0.05, 0.1) is 17.3 Å². The van der Waals surface area contributed by atoms with Gasteiger partial charge in [-0.05, 0) is 42.9 Å². The molecule has 0 amide bonds. The van der Waals surface area contributed by atoms with Crippen LogP contribution in [0.4, 0.5) is 0 Å². The van der Waals surface area contributed by atoms with E-state index in [9.17, 15) is 29.1 Å². The topological polar surface area (TPSA) is 169 Å². The van der Waals surface area contributed by atoms with Crippen LogP contribution in [0.1, 0.15) is 94.9 Å². The molecule has 1 N–H and O–H groups in total. The predicted octanol–water partition coefficient (Wildman–Crippen LogP) is 3.33. The Morgan fingerprint density at radius 1 is 0.913 bits per heavy atom. The molecular weight excluding hydrogens is 600 g/mol. The van der Waals surface area contributed by atoms with Gasteiger partial charge in [-0.1, -0.05) is 48.5 Å². The maximum absolute atomic E-state index is 15.1. The van der Waals surface area contributed by atoms with Gasteiger partial charge in [0.25, 0.3) is 0 Å². The molecule has 4 rings (SSSR count). The van der Waals surface area contributed by atoms with Crippen LogP contribution in [0, 0.1) is 46.3 Å². The Kier molecular flexibility index (Phi) is 9.51. The van der Waals surface area contributed by atoms with Crippen molar-refractivity contribution in [3.63, 3.8) is 0 Å². The number of carbonyl (C=O) groups is 6. The summed E-state index contributed by atoms with van der Waals surface area (Å²) in [4.78, 5) is 80.2. The second kappa shape index (κ2) is 12.2. The molecule has 0 heterocycles. The highest BCUT2D eigenvalue weighted by atomic mass is 16.6. The van der Waals surface area contributed by atoms with Crippen molar-refractivity contribution in [2.75, 3.05) is 6.61 Å². The first-order chi connectivity index (χ1) is 21.2. The summed E-state index contributed by atoms with van der Waals surface area (Å²) < 4.78 is 30.3. The average Bonchev–Trinajstić information content (AvgIpc) is 3.40. The SMILES string of the molecule is CCC(=O)OC[C@]12[C@H](OC(=O)C(C)C)[C@H]3[C@@H](OC(=O)CC)[C@@H](C)C[C@]3(O)C(=O)[C@@](C)(OC(C)=O)[C@@H]1[C@@H]1[C@H](C[C@H]2OC(C)=O)C1(C)C. The Bertz CT molecular complexity index is 1290. The van der Waals surface area contributed by atoms with Crippen LogP contribution in [0.3, 0.4) is 0 Å². The number of Topliss-reactive ketones (excluding diaryl/α,β-unsaturated/α-hetero) is 1. The fourth-order valence-corrected chi connectivity index (χ4v) is 9.25. The molecule has 0 radical (unpaired) electrons. The van der Waals surface area contributed by atoms with E-state index < -0.39 is 106 Å². The molecule has 0 spiro atoms. The Labute approximate surface area is 270 Å². The minimum Gasteiger partial charge on any atom is -0.465 e. The molecule has 0 aromatic carbocycles. The van der Waals surface area contributed by atoms with Gasteiger partial charge in [0, 0.05) is 32.6 Å². The molecule has 12 nitrogen and oxygen atoms in total. The lowest BCUT2D eigenvalue weighted by Gasteiger charge is -2.55. The zero-order chi connectivity index (χ0) is 34.7. The third kappa shape index (κ3) is 5.52. The first-order valence-corrected chi connectivity index (χ1v) is 16.4. The van der Waals surface area contributed by atoms with Crippen molar-refractivity contribution in [1.82, 2.24) is 0 Å². The number of aliphatic hydroxyl groups is 1. The second-order valence-corrected chi connectivity index (χ2v) is 14.9. The summed E-state index contributed by atoms with van der Waals surface area (Å²) in [5, 5.41) is 12.7. The van der Waals surface area contributed by atoms with Crippen molar-refractivity contribution in [2.24, 2.45) is 46.3 Å². The number of ketones is 1. The number of rotatable bonds is 9. The lowest BCUT2D eigenvalue weighted by molar-refractivity contribution is -0.240. The lowest BCUT2D eigenvalue weighted by Crippen LogP contribution is -2.66. The smallest absolute Gasteiger partial charge is 0.308 e. The average molecular weight is 651 g/mol. The molecule has 12 heteroatoms. The van der Waals surface area contributed by atoms with Gasteiger partial charge < -0.3 is 28.8 Å². The Hall–Kier alpha value is -3.02. The minimum absolute atomic E-state index is 0.000175. The molecule has 258 valence electrons. The normalized spacial score (nSPS) is 40.4. The van der Waals surface area contributed by atoms with E-state index >= 15 is 4.79 Å². The summed E-state index contributed by atoms with van der Waals surface area (Å²) in [6, 6.07) is 0. The monoisotopic (exact) mass is 650 g/mol. The van der Waals surface area contributed by atoms with Crippen molar-refractivity contribution >= 4 is 35.6 Å². The first kappa shape index (κ1) is 35.8. The molecule has 0 saturated heterocycles. The molecule has 0 bridgehead atoms. The molecule has 4 aliphatic carbocycles. The van der Waals surface area contributed by atoms with Crippen LogP contribution >= 0.6 is 0 Å². The fourth-order valence-electron chi connectivity index (χ4n) is 9.25. The quantitative estimate of drug-likeness (QED) is 0.286. The first-order valence-electron chi connectivity index (χ1n) is 16.4. The predicted molar refractivity (Wildman–Crippen MR) is 160 cm³/mol. The maximum Gasteiger partial charge on any atom is 0.308 e. The molecule has 0 aliphatic heterocycles. The summed E-state index contributed by atoms with van der Waals surface area (Å²) in [6.07, 6.45) is -3.67. The highest BCUT2D eigenvalue weighted by molar-refractivity contribution is 5.98. The molecule has 11 atom stereocenters. The van der Waals surface area contributed by atoms with Gasteiger partial charge in [0.2, 0.25) is 5.78 Å². The molecule has 4 fully saturated rings.